The van der Waals surface area contributed by atoms with Gasteiger partial charge in [0.15, 0.2) is 0 Å². The molecule has 1 rings (SSSR count). The van der Waals surface area contributed by atoms with E-state index < -0.39 is 10.8 Å². The molecular formula is C11H15FOS. The quantitative estimate of drug-likeness (QED) is 0.740. The highest BCUT2D eigenvalue weighted by Gasteiger charge is 2.19. The minimum atomic E-state index is -0.963. The standard InChI is InChI=1S/C11H15FOS/c1-11(2,3)14(13)8-9-5-4-6-10(12)7-9/h4-7H,8H2,1-3H3/t14-/m0/s1. The molecule has 0 aromatic heterocycles. The highest BCUT2D eigenvalue weighted by Crippen LogP contribution is 2.16. The molecule has 0 bridgehead atoms. The van der Waals surface area contributed by atoms with Crippen LogP contribution in [0.4, 0.5) is 4.39 Å². The first-order valence-corrected chi connectivity index (χ1v) is 5.84. The zero-order chi connectivity index (χ0) is 10.8. The molecule has 1 atom stereocenters. The van der Waals surface area contributed by atoms with Gasteiger partial charge in [-0.25, -0.2) is 4.39 Å². The molecule has 3 heteroatoms. The van der Waals surface area contributed by atoms with Gasteiger partial charge in [0.05, 0.1) is 0 Å². The molecule has 0 aliphatic carbocycles. The molecule has 0 aliphatic rings. The molecule has 0 amide bonds. The normalized spacial score (nSPS) is 14.0. The van der Waals surface area contributed by atoms with E-state index in [2.05, 4.69) is 0 Å². The SMILES string of the molecule is CC(C)(C)[S@@](=O)Cc1cccc(F)c1. The molecule has 78 valence electrons. The molecule has 0 N–H and O–H groups in total. The van der Waals surface area contributed by atoms with E-state index in [-0.39, 0.29) is 10.6 Å². The van der Waals surface area contributed by atoms with Gasteiger partial charge in [-0.2, -0.15) is 0 Å². The molecule has 0 heterocycles. The molecule has 0 spiro atoms. The predicted octanol–water partition coefficient (Wildman–Crippen LogP) is 2.87. The Hall–Kier alpha value is -0.700. The van der Waals surface area contributed by atoms with Gasteiger partial charge < -0.3 is 0 Å². The Morgan fingerprint density at radius 2 is 2.00 bits per heavy atom. The summed E-state index contributed by atoms with van der Waals surface area (Å²) in [5.74, 6) is 0.148. The van der Waals surface area contributed by atoms with Gasteiger partial charge in [-0.3, -0.25) is 4.21 Å². The molecular weight excluding hydrogens is 199 g/mol. The van der Waals surface area contributed by atoms with Crippen molar-refractivity contribution < 1.29 is 8.60 Å². The third-order valence-electron chi connectivity index (χ3n) is 1.87. The molecule has 1 aromatic carbocycles. The van der Waals surface area contributed by atoms with Crippen molar-refractivity contribution in [2.24, 2.45) is 0 Å². The number of hydrogen-bond donors (Lipinski definition) is 0. The summed E-state index contributed by atoms with van der Waals surface area (Å²) in [6.07, 6.45) is 0. The van der Waals surface area contributed by atoms with Gasteiger partial charge in [-0.1, -0.05) is 12.1 Å². The molecule has 1 nitrogen and oxygen atoms in total. The van der Waals surface area contributed by atoms with Gasteiger partial charge in [0.2, 0.25) is 0 Å². The van der Waals surface area contributed by atoms with E-state index in [1.165, 1.54) is 12.1 Å². The number of halogens is 1. The maximum Gasteiger partial charge on any atom is 0.123 e. The maximum absolute atomic E-state index is 12.8. The Morgan fingerprint density at radius 3 is 2.50 bits per heavy atom. The fourth-order valence-electron chi connectivity index (χ4n) is 0.995. The van der Waals surface area contributed by atoms with Crippen LogP contribution in [0.1, 0.15) is 26.3 Å². The van der Waals surface area contributed by atoms with Crippen LogP contribution in [0.25, 0.3) is 0 Å². The second kappa shape index (κ2) is 4.22. The summed E-state index contributed by atoms with van der Waals surface area (Å²) in [5, 5.41) is 0. The van der Waals surface area contributed by atoms with Crippen LogP contribution in [0.15, 0.2) is 24.3 Å². The zero-order valence-corrected chi connectivity index (χ0v) is 9.53. The van der Waals surface area contributed by atoms with Crippen LogP contribution in [0.5, 0.6) is 0 Å². The fourth-order valence-corrected chi connectivity index (χ4v) is 1.91. The third-order valence-corrected chi connectivity index (χ3v) is 3.83. The summed E-state index contributed by atoms with van der Waals surface area (Å²) in [7, 11) is -0.963. The zero-order valence-electron chi connectivity index (χ0n) is 8.71. The predicted molar refractivity (Wildman–Crippen MR) is 58.0 cm³/mol. The first kappa shape index (κ1) is 11.4. The average Bonchev–Trinajstić information content (AvgIpc) is 2.02. The van der Waals surface area contributed by atoms with Crippen molar-refractivity contribution in [3.63, 3.8) is 0 Å². The topological polar surface area (TPSA) is 17.1 Å². The minimum Gasteiger partial charge on any atom is -0.259 e. The van der Waals surface area contributed by atoms with Crippen molar-refractivity contribution in [2.45, 2.75) is 31.3 Å². The molecule has 14 heavy (non-hydrogen) atoms. The monoisotopic (exact) mass is 214 g/mol. The van der Waals surface area contributed by atoms with Gasteiger partial charge in [0.1, 0.15) is 5.82 Å². The summed E-state index contributed by atoms with van der Waals surface area (Å²) in [6.45, 7) is 5.76. The van der Waals surface area contributed by atoms with Gasteiger partial charge in [0, 0.05) is 21.3 Å². The highest BCUT2D eigenvalue weighted by atomic mass is 32.2. The van der Waals surface area contributed by atoms with Crippen LogP contribution in [0.2, 0.25) is 0 Å². The first-order valence-electron chi connectivity index (χ1n) is 4.52. The van der Waals surface area contributed by atoms with E-state index in [9.17, 15) is 8.60 Å². The summed E-state index contributed by atoms with van der Waals surface area (Å²) in [4.78, 5) is 0. The summed E-state index contributed by atoms with van der Waals surface area (Å²) < 4.78 is 24.3. The van der Waals surface area contributed by atoms with Crippen LogP contribution in [0, 0.1) is 5.82 Å². The lowest BCUT2D eigenvalue weighted by atomic mass is 10.2. The van der Waals surface area contributed by atoms with E-state index in [0.29, 0.717) is 5.75 Å². The Balaban J connectivity index is 2.75. The molecule has 0 fully saturated rings. The maximum atomic E-state index is 12.8. The van der Waals surface area contributed by atoms with Crippen molar-refractivity contribution in [3.05, 3.63) is 35.6 Å². The van der Waals surface area contributed by atoms with Crippen molar-refractivity contribution in [3.8, 4) is 0 Å². The smallest absolute Gasteiger partial charge is 0.123 e. The number of benzene rings is 1. The van der Waals surface area contributed by atoms with E-state index in [1.54, 1.807) is 12.1 Å². The van der Waals surface area contributed by atoms with Crippen LogP contribution in [-0.4, -0.2) is 8.96 Å². The summed E-state index contributed by atoms with van der Waals surface area (Å²) >= 11 is 0. The lowest BCUT2D eigenvalue weighted by Crippen LogP contribution is -2.22. The fraction of sp³-hybridized carbons (Fsp3) is 0.455. The summed E-state index contributed by atoms with van der Waals surface area (Å²) in [5.41, 5.74) is 0.790. The largest absolute Gasteiger partial charge is 0.259 e. The van der Waals surface area contributed by atoms with Crippen molar-refractivity contribution in [1.82, 2.24) is 0 Å². The van der Waals surface area contributed by atoms with E-state index >= 15 is 0 Å². The van der Waals surface area contributed by atoms with Gasteiger partial charge >= 0.3 is 0 Å². The number of hydrogen-bond acceptors (Lipinski definition) is 1. The highest BCUT2D eigenvalue weighted by molar-refractivity contribution is 7.85. The Morgan fingerprint density at radius 1 is 1.36 bits per heavy atom. The van der Waals surface area contributed by atoms with Crippen LogP contribution < -0.4 is 0 Å². The average molecular weight is 214 g/mol. The lowest BCUT2D eigenvalue weighted by Gasteiger charge is -2.17. The second-order valence-electron chi connectivity index (χ2n) is 4.23. The Bertz CT molecular complexity index is 341. The third kappa shape index (κ3) is 3.22. The summed E-state index contributed by atoms with van der Waals surface area (Å²) in [6, 6.07) is 6.27. The van der Waals surface area contributed by atoms with Crippen molar-refractivity contribution in [1.29, 1.82) is 0 Å². The lowest BCUT2D eigenvalue weighted by molar-refractivity contribution is 0.625. The van der Waals surface area contributed by atoms with Crippen LogP contribution in [-0.2, 0) is 16.6 Å². The molecule has 0 saturated heterocycles. The first-order chi connectivity index (χ1) is 6.39. The Labute approximate surface area is 86.8 Å². The molecule has 0 unspecified atom stereocenters. The minimum absolute atomic E-state index is 0.244. The van der Waals surface area contributed by atoms with Crippen LogP contribution >= 0.6 is 0 Å². The van der Waals surface area contributed by atoms with Crippen molar-refractivity contribution >= 4 is 10.8 Å². The van der Waals surface area contributed by atoms with Crippen molar-refractivity contribution in [2.75, 3.05) is 0 Å². The number of rotatable bonds is 2. The van der Waals surface area contributed by atoms with E-state index in [1.807, 2.05) is 20.8 Å². The molecule has 0 aliphatic heterocycles. The second-order valence-corrected chi connectivity index (χ2v) is 6.44. The van der Waals surface area contributed by atoms with Gasteiger partial charge in [-0.05, 0) is 38.5 Å². The van der Waals surface area contributed by atoms with E-state index in [4.69, 9.17) is 0 Å². The molecule has 1 aromatic rings. The van der Waals surface area contributed by atoms with Crippen LogP contribution in [0.3, 0.4) is 0 Å². The molecule has 0 saturated carbocycles. The van der Waals surface area contributed by atoms with Gasteiger partial charge in [0.25, 0.3) is 0 Å². The Kier molecular flexibility index (Phi) is 3.43. The molecule has 0 radical (unpaired) electrons. The van der Waals surface area contributed by atoms with E-state index in [0.717, 1.165) is 5.56 Å². The van der Waals surface area contributed by atoms with Gasteiger partial charge in [-0.15, -0.1) is 0 Å².